The Bertz CT molecular complexity index is 70.5. The van der Waals surface area contributed by atoms with Crippen LogP contribution in [-0.4, -0.2) is 36.1 Å². The fraction of sp³-hybridized carbons (Fsp3) is 0.800. The average Bonchev–Trinajstić information content (AvgIpc) is 1.65. The van der Waals surface area contributed by atoms with E-state index in [0.717, 1.165) is 0 Å². The first-order valence-corrected chi connectivity index (χ1v) is 2.32. The third kappa shape index (κ3) is 2.34. The fourth-order valence-corrected chi connectivity index (χ4v) is 0.139. The molecule has 7 heavy (non-hydrogen) atoms. The molecule has 0 saturated heterocycles. The lowest BCUT2D eigenvalue weighted by molar-refractivity contribution is -0.528. The molecule has 1 unspecified atom stereocenters. The van der Waals surface area contributed by atoms with Crippen molar-refractivity contribution in [1.29, 1.82) is 0 Å². The van der Waals surface area contributed by atoms with Crippen LogP contribution in [0.25, 0.3) is 0 Å². The van der Waals surface area contributed by atoms with E-state index in [4.69, 9.17) is 5.11 Å². The van der Waals surface area contributed by atoms with Crippen molar-refractivity contribution in [2.24, 2.45) is 0 Å². The van der Waals surface area contributed by atoms with Crippen molar-refractivity contribution in [3.63, 3.8) is 0 Å². The minimum absolute atomic E-state index is 0.181. The van der Waals surface area contributed by atoms with E-state index in [1.165, 1.54) is 0 Å². The van der Waals surface area contributed by atoms with Gasteiger partial charge in [0.1, 0.15) is 20.4 Å². The summed E-state index contributed by atoms with van der Waals surface area (Å²) in [6.45, 7) is 5.67. The van der Waals surface area contributed by atoms with Crippen molar-refractivity contribution < 1.29 is 9.68 Å². The topological polar surface area (TPSA) is 23.2 Å². The van der Waals surface area contributed by atoms with E-state index in [1.807, 2.05) is 14.0 Å². The van der Waals surface area contributed by atoms with Gasteiger partial charge < -0.3 is 5.11 Å². The van der Waals surface area contributed by atoms with Crippen LogP contribution in [0.2, 0.25) is 0 Å². The molecule has 2 heteroatoms. The molecule has 2 nitrogen and oxygen atoms in total. The molecule has 0 aliphatic rings. The van der Waals surface area contributed by atoms with Gasteiger partial charge in [-0.25, -0.2) is 4.58 Å². The maximum atomic E-state index is 8.42. The van der Waals surface area contributed by atoms with Crippen molar-refractivity contribution in [2.45, 2.75) is 13.0 Å². The lowest BCUT2D eigenvalue weighted by Gasteiger charge is -1.98. The summed E-state index contributed by atoms with van der Waals surface area (Å²) in [6.07, 6.45) is 0. The van der Waals surface area contributed by atoms with Gasteiger partial charge in [-0.3, -0.25) is 0 Å². The zero-order chi connectivity index (χ0) is 5.86. The number of rotatable bonds is 2. The molecule has 0 fully saturated rings. The first kappa shape index (κ1) is 6.63. The second kappa shape index (κ2) is 2.75. The van der Waals surface area contributed by atoms with Gasteiger partial charge in [0.05, 0.1) is 0 Å². The van der Waals surface area contributed by atoms with Crippen LogP contribution in [0, 0.1) is 0 Å². The predicted molar refractivity (Wildman–Crippen MR) is 29.9 cm³/mol. The molecule has 0 aromatic heterocycles. The highest BCUT2D eigenvalue weighted by Gasteiger charge is 2.02. The van der Waals surface area contributed by atoms with Gasteiger partial charge in [-0.1, -0.05) is 0 Å². The van der Waals surface area contributed by atoms with Gasteiger partial charge >= 0.3 is 0 Å². The van der Waals surface area contributed by atoms with Crippen molar-refractivity contribution in [3.8, 4) is 0 Å². The lowest BCUT2D eigenvalue weighted by atomic mass is 10.4. The first-order valence-electron chi connectivity index (χ1n) is 2.32. The zero-order valence-electron chi connectivity index (χ0n) is 4.89. The summed E-state index contributed by atoms with van der Waals surface area (Å²) in [5.41, 5.74) is 0. The Morgan fingerprint density at radius 3 is 2.29 bits per heavy atom. The van der Waals surface area contributed by atoms with E-state index >= 15 is 0 Å². The Morgan fingerprint density at radius 2 is 2.29 bits per heavy atom. The van der Waals surface area contributed by atoms with Crippen LogP contribution < -0.4 is 0 Å². The second-order valence-corrected chi connectivity index (χ2v) is 1.79. The Hall–Kier alpha value is -0.370. The smallest absolute Gasteiger partial charge is 0.171 e. The van der Waals surface area contributed by atoms with Gasteiger partial charge in [0, 0.05) is 0 Å². The molecule has 0 aromatic rings. The Morgan fingerprint density at radius 1 is 1.86 bits per heavy atom. The Kier molecular flexibility index (Phi) is 2.60. The van der Waals surface area contributed by atoms with Gasteiger partial charge in [-0.2, -0.15) is 0 Å². The van der Waals surface area contributed by atoms with Gasteiger partial charge in [-0.15, -0.1) is 0 Å². The Balaban J connectivity index is 3.34. The van der Waals surface area contributed by atoms with E-state index < -0.39 is 0 Å². The van der Waals surface area contributed by atoms with Crippen molar-refractivity contribution >= 4 is 6.72 Å². The Labute approximate surface area is 44.1 Å². The third-order valence-corrected chi connectivity index (χ3v) is 1.02. The molecule has 1 atom stereocenters. The molecule has 0 radical (unpaired) electrons. The molecule has 0 amide bonds. The molecule has 1 N–H and O–H groups in total. The summed E-state index contributed by atoms with van der Waals surface area (Å²) >= 11 is 0. The number of likely N-dealkylation sites (N-methyl/N-ethyl adjacent to an activating group) is 1. The maximum absolute atomic E-state index is 8.42. The van der Waals surface area contributed by atoms with E-state index in [1.54, 1.807) is 4.58 Å². The van der Waals surface area contributed by atoms with Crippen LogP contribution in [0.4, 0.5) is 0 Å². The van der Waals surface area contributed by atoms with Gasteiger partial charge in [0.15, 0.2) is 6.04 Å². The van der Waals surface area contributed by atoms with Crippen LogP contribution >= 0.6 is 0 Å². The lowest BCUT2D eigenvalue weighted by Crippen LogP contribution is -2.21. The third-order valence-electron chi connectivity index (χ3n) is 1.02. The van der Waals surface area contributed by atoms with Crippen molar-refractivity contribution in [3.05, 3.63) is 0 Å². The average molecular weight is 102 g/mol. The SMILES string of the molecule is C=[N+](C)C(C)CO. The molecule has 0 aliphatic heterocycles. The summed E-state index contributed by atoms with van der Waals surface area (Å²) < 4.78 is 1.72. The molecular formula is C5H12NO+. The van der Waals surface area contributed by atoms with Crippen LogP contribution in [0.3, 0.4) is 0 Å². The maximum Gasteiger partial charge on any atom is 0.171 e. The molecule has 0 heterocycles. The molecule has 0 bridgehead atoms. The van der Waals surface area contributed by atoms with Gasteiger partial charge in [0.2, 0.25) is 0 Å². The first-order chi connectivity index (χ1) is 3.18. The summed E-state index contributed by atoms with van der Waals surface area (Å²) in [5.74, 6) is 0. The second-order valence-electron chi connectivity index (χ2n) is 1.79. The predicted octanol–water partition coefficient (Wildman–Crippen LogP) is -0.290. The molecular weight excluding hydrogens is 90.1 g/mol. The number of aliphatic hydroxyl groups is 1. The summed E-state index contributed by atoms with van der Waals surface area (Å²) in [7, 11) is 1.83. The summed E-state index contributed by atoms with van der Waals surface area (Å²) in [4.78, 5) is 0. The van der Waals surface area contributed by atoms with Crippen LogP contribution in [-0.2, 0) is 0 Å². The van der Waals surface area contributed by atoms with E-state index in [2.05, 4.69) is 6.72 Å². The summed E-state index contributed by atoms with van der Waals surface area (Å²) in [6, 6.07) is 0.181. The van der Waals surface area contributed by atoms with Gasteiger partial charge in [0.25, 0.3) is 0 Å². The largest absolute Gasteiger partial charge is 0.389 e. The minimum Gasteiger partial charge on any atom is -0.389 e. The van der Waals surface area contributed by atoms with Crippen molar-refractivity contribution in [2.75, 3.05) is 13.7 Å². The molecule has 0 rings (SSSR count). The monoisotopic (exact) mass is 102 g/mol. The highest BCUT2D eigenvalue weighted by atomic mass is 16.3. The quantitative estimate of drug-likeness (QED) is 0.376. The van der Waals surface area contributed by atoms with E-state index in [-0.39, 0.29) is 12.6 Å². The molecule has 0 aliphatic carbocycles. The standard InChI is InChI=1S/C5H12NO/c1-5(4-7)6(2)3/h5,7H,2,4H2,1,3H3/q+1. The molecule has 0 aromatic carbocycles. The van der Waals surface area contributed by atoms with Crippen LogP contribution in [0.1, 0.15) is 6.92 Å². The highest BCUT2D eigenvalue weighted by Crippen LogP contribution is 1.79. The minimum atomic E-state index is 0.181. The summed E-state index contributed by atoms with van der Waals surface area (Å²) in [5, 5.41) is 8.42. The fourth-order valence-electron chi connectivity index (χ4n) is 0.139. The van der Waals surface area contributed by atoms with Crippen molar-refractivity contribution in [1.82, 2.24) is 0 Å². The number of hydrogen-bond acceptors (Lipinski definition) is 1. The van der Waals surface area contributed by atoms with Crippen LogP contribution in [0.15, 0.2) is 0 Å². The highest BCUT2D eigenvalue weighted by molar-refractivity contribution is 5.14. The zero-order valence-corrected chi connectivity index (χ0v) is 4.89. The number of hydrogen-bond donors (Lipinski definition) is 1. The molecule has 42 valence electrons. The number of nitrogens with zero attached hydrogens (tertiary/aromatic N) is 1. The van der Waals surface area contributed by atoms with E-state index in [9.17, 15) is 0 Å². The normalized spacial score (nSPS) is 13.6. The molecule has 0 saturated carbocycles. The van der Waals surface area contributed by atoms with Gasteiger partial charge in [-0.05, 0) is 6.92 Å². The van der Waals surface area contributed by atoms with Crippen LogP contribution in [0.5, 0.6) is 0 Å². The molecule has 0 spiro atoms. The number of aliphatic hydroxyl groups excluding tert-OH is 1. The van der Waals surface area contributed by atoms with E-state index in [0.29, 0.717) is 0 Å².